The number of hydrogen-bond acceptors (Lipinski definition) is 5. The van der Waals surface area contributed by atoms with Crippen LogP contribution in [0.25, 0.3) is 10.2 Å². The van der Waals surface area contributed by atoms with Crippen LogP contribution in [-0.2, 0) is 11.2 Å². The van der Waals surface area contributed by atoms with Crippen molar-refractivity contribution in [1.82, 2.24) is 4.98 Å². The van der Waals surface area contributed by atoms with Gasteiger partial charge in [0.15, 0.2) is 5.13 Å². The van der Waals surface area contributed by atoms with Crippen LogP contribution in [0.4, 0.5) is 10.8 Å². The van der Waals surface area contributed by atoms with E-state index in [0.717, 1.165) is 21.3 Å². The molecule has 122 valence electrons. The summed E-state index contributed by atoms with van der Waals surface area (Å²) in [6.45, 7) is 3.99. The van der Waals surface area contributed by atoms with E-state index in [1.807, 2.05) is 26.0 Å². The standard InChI is InChI=1S/C17H15N3O3S/c1-10-7-11(2)16-14(8-10)24-17(19-16)18-15(21)9-12-5-3-4-6-13(12)20(22)23/h3-8H,9H2,1-2H3,(H,18,19,21). The van der Waals surface area contributed by atoms with Gasteiger partial charge in [-0.2, -0.15) is 0 Å². The van der Waals surface area contributed by atoms with Crippen LogP contribution in [-0.4, -0.2) is 15.8 Å². The minimum atomic E-state index is -0.480. The average Bonchev–Trinajstić information content (AvgIpc) is 2.90. The second-order valence-corrected chi connectivity index (χ2v) is 6.59. The molecule has 0 radical (unpaired) electrons. The molecule has 24 heavy (non-hydrogen) atoms. The van der Waals surface area contributed by atoms with Crippen LogP contribution in [0.5, 0.6) is 0 Å². The zero-order valence-corrected chi connectivity index (χ0v) is 14.0. The number of benzene rings is 2. The molecule has 6 nitrogen and oxygen atoms in total. The lowest BCUT2D eigenvalue weighted by Gasteiger charge is -2.03. The summed E-state index contributed by atoms with van der Waals surface area (Å²) >= 11 is 1.40. The molecule has 1 N–H and O–H groups in total. The van der Waals surface area contributed by atoms with E-state index in [2.05, 4.69) is 10.3 Å². The molecule has 0 fully saturated rings. The summed E-state index contributed by atoms with van der Waals surface area (Å²) in [5.74, 6) is -0.322. The Labute approximate surface area is 142 Å². The lowest BCUT2D eigenvalue weighted by molar-refractivity contribution is -0.385. The monoisotopic (exact) mass is 341 g/mol. The van der Waals surface area contributed by atoms with Crippen LogP contribution in [0.15, 0.2) is 36.4 Å². The van der Waals surface area contributed by atoms with E-state index in [-0.39, 0.29) is 18.0 Å². The van der Waals surface area contributed by atoms with Gasteiger partial charge in [-0.25, -0.2) is 4.98 Å². The lowest BCUT2D eigenvalue weighted by atomic mass is 10.1. The van der Waals surface area contributed by atoms with Crippen molar-refractivity contribution >= 4 is 38.3 Å². The molecule has 3 rings (SSSR count). The second kappa shape index (κ2) is 6.37. The zero-order chi connectivity index (χ0) is 17.3. The number of fused-ring (bicyclic) bond motifs is 1. The van der Waals surface area contributed by atoms with Crippen molar-refractivity contribution in [2.45, 2.75) is 20.3 Å². The van der Waals surface area contributed by atoms with Gasteiger partial charge in [-0.15, -0.1) is 0 Å². The molecule has 0 spiro atoms. The molecule has 1 amide bonds. The summed E-state index contributed by atoms with van der Waals surface area (Å²) in [6, 6.07) is 10.3. The molecule has 0 saturated heterocycles. The third-order valence-corrected chi connectivity index (χ3v) is 4.53. The summed E-state index contributed by atoms with van der Waals surface area (Å²) < 4.78 is 1.01. The number of anilines is 1. The first-order valence-corrected chi connectivity index (χ1v) is 8.15. The summed E-state index contributed by atoms with van der Waals surface area (Å²) in [7, 11) is 0. The summed E-state index contributed by atoms with van der Waals surface area (Å²) in [4.78, 5) is 27.2. The normalized spacial score (nSPS) is 10.8. The quantitative estimate of drug-likeness (QED) is 0.574. The van der Waals surface area contributed by atoms with Gasteiger partial charge in [0.2, 0.25) is 5.91 Å². The number of carbonyl (C=O) groups is 1. The molecule has 1 aromatic heterocycles. The van der Waals surface area contributed by atoms with Crippen molar-refractivity contribution in [3.8, 4) is 0 Å². The number of nitrogens with zero attached hydrogens (tertiary/aromatic N) is 2. The van der Waals surface area contributed by atoms with Crippen molar-refractivity contribution in [3.05, 3.63) is 63.2 Å². The maximum absolute atomic E-state index is 12.2. The van der Waals surface area contributed by atoms with Crippen LogP contribution in [0, 0.1) is 24.0 Å². The van der Waals surface area contributed by atoms with Gasteiger partial charge in [-0.05, 0) is 31.0 Å². The molecule has 1 heterocycles. The number of nitro groups is 1. The largest absolute Gasteiger partial charge is 0.302 e. The summed E-state index contributed by atoms with van der Waals surface area (Å²) in [5, 5.41) is 14.3. The van der Waals surface area contributed by atoms with E-state index in [1.165, 1.54) is 17.4 Å². The van der Waals surface area contributed by atoms with Gasteiger partial charge in [-0.3, -0.25) is 14.9 Å². The Morgan fingerprint density at radius 1 is 1.29 bits per heavy atom. The van der Waals surface area contributed by atoms with Gasteiger partial charge < -0.3 is 5.32 Å². The number of carbonyl (C=O) groups excluding carboxylic acids is 1. The molecule has 0 aliphatic carbocycles. The van der Waals surface area contributed by atoms with Crippen molar-refractivity contribution in [2.75, 3.05) is 5.32 Å². The highest BCUT2D eigenvalue weighted by molar-refractivity contribution is 7.22. The average molecular weight is 341 g/mol. The van der Waals surface area contributed by atoms with Gasteiger partial charge >= 0.3 is 0 Å². The topological polar surface area (TPSA) is 85.1 Å². The number of aromatic nitrogens is 1. The van der Waals surface area contributed by atoms with Gasteiger partial charge in [-0.1, -0.05) is 35.6 Å². The van der Waals surface area contributed by atoms with E-state index in [4.69, 9.17) is 0 Å². The Bertz CT molecular complexity index is 949. The van der Waals surface area contributed by atoms with Crippen LogP contribution in [0.3, 0.4) is 0 Å². The Morgan fingerprint density at radius 3 is 2.79 bits per heavy atom. The van der Waals surface area contributed by atoms with Crippen molar-refractivity contribution in [3.63, 3.8) is 0 Å². The first kappa shape index (κ1) is 16.1. The van der Waals surface area contributed by atoms with E-state index in [1.54, 1.807) is 18.2 Å². The molecule has 0 aliphatic heterocycles. The fourth-order valence-electron chi connectivity index (χ4n) is 2.60. The lowest BCUT2D eigenvalue weighted by Crippen LogP contribution is -2.15. The molecule has 2 aromatic carbocycles. The van der Waals surface area contributed by atoms with Crippen LogP contribution in [0.2, 0.25) is 0 Å². The Morgan fingerprint density at radius 2 is 2.04 bits per heavy atom. The fraction of sp³-hybridized carbons (Fsp3) is 0.176. The fourth-order valence-corrected chi connectivity index (χ4v) is 3.66. The number of hydrogen-bond donors (Lipinski definition) is 1. The maximum atomic E-state index is 12.2. The maximum Gasteiger partial charge on any atom is 0.273 e. The van der Waals surface area contributed by atoms with Gasteiger partial charge in [0.1, 0.15) is 0 Å². The summed E-state index contributed by atoms with van der Waals surface area (Å²) in [6.07, 6.45) is -0.0644. The number of thiazole rings is 1. The first-order valence-electron chi connectivity index (χ1n) is 7.34. The number of amides is 1. The number of para-hydroxylation sites is 1. The van der Waals surface area contributed by atoms with E-state index in [0.29, 0.717) is 10.7 Å². The third kappa shape index (κ3) is 3.26. The van der Waals surface area contributed by atoms with Gasteiger partial charge in [0.25, 0.3) is 5.69 Å². The number of rotatable bonds is 4. The zero-order valence-electron chi connectivity index (χ0n) is 13.2. The molecule has 3 aromatic rings. The molecule has 7 heteroatoms. The Hall–Kier alpha value is -2.80. The molecule has 0 aliphatic rings. The number of aryl methyl sites for hydroxylation is 2. The molecule has 0 unspecified atom stereocenters. The first-order chi connectivity index (χ1) is 11.4. The van der Waals surface area contributed by atoms with Crippen molar-refractivity contribution in [1.29, 1.82) is 0 Å². The smallest absolute Gasteiger partial charge is 0.273 e. The Balaban J connectivity index is 1.81. The van der Waals surface area contributed by atoms with Crippen LogP contribution < -0.4 is 5.32 Å². The van der Waals surface area contributed by atoms with E-state index < -0.39 is 4.92 Å². The van der Waals surface area contributed by atoms with Crippen LogP contribution in [0.1, 0.15) is 16.7 Å². The number of nitro benzene ring substituents is 1. The summed E-state index contributed by atoms with van der Waals surface area (Å²) in [5.41, 5.74) is 3.39. The molecular formula is C17H15N3O3S. The highest BCUT2D eigenvalue weighted by atomic mass is 32.1. The van der Waals surface area contributed by atoms with E-state index in [9.17, 15) is 14.9 Å². The predicted octanol–water partition coefficient (Wildman–Crippen LogP) is 4.00. The van der Waals surface area contributed by atoms with Crippen LogP contribution >= 0.6 is 11.3 Å². The molecule has 0 bridgehead atoms. The third-order valence-electron chi connectivity index (χ3n) is 3.62. The van der Waals surface area contributed by atoms with Crippen molar-refractivity contribution in [2.24, 2.45) is 0 Å². The van der Waals surface area contributed by atoms with Crippen molar-refractivity contribution < 1.29 is 9.72 Å². The van der Waals surface area contributed by atoms with E-state index >= 15 is 0 Å². The minimum Gasteiger partial charge on any atom is -0.302 e. The molecule has 0 atom stereocenters. The second-order valence-electron chi connectivity index (χ2n) is 5.56. The SMILES string of the molecule is Cc1cc(C)c2nc(NC(=O)Cc3ccccc3[N+](=O)[O-])sc2c1. The highest BCUT2D eigenvalue weighted by Gasteiger charge is 2.16. The predicted molar refractivity (Wildman–Crippen MR) is 94.5 cm³/mol. The van der Waals surface area contributed by atoms with Gasteiger partial charge in [0.05, 0.1) is 21.6 Å². The molecular weight excluding hydrogens is 326 g/mol. The minimum absolute atomic E-state index is 0.0524. The molecule has 0 saturated carbocycles. The number of nitrogens with one attached hydrogen (secondary N) is 1. The Kier molecular flexibility index (Phi) is 4.26. The highest BCUT2D eigenvalue weighted by Crippen LogP contribution is 2.29. The van der Waals surface area contributed by atoms with Gasteiger partial charge in [0, 0.05) is 11.6 Å².